The number of ether oxygens (including phenoxy) is 2. The van der Waals surface area contributed by atoms with E-state index in [2.05, 4.69) is 26.7 Å². The zero-order chi connectivity index (χ0) is 36.5. The number of rotatable bonds is 3. The van der Waals surface area contributed by atoms with Gasteiger partial charge in [0.15, 0.2) is 0 Å². The highest BCUT2D eigenvalue weighted by Crippen LogP contribution is 2.47. The number of piperidine rings is 1. The van der Waals surface area contributed by atoms with E-state index in [1.807, 2.05) is 44.4 Å². The number of fused-ring (bicyclic) bond motifs is 4. The van der Waals surface area contributed by atoms with Crippen LogP contribution in [0.1, 0.15) is 99.5 Å². The predicted octanol–water partition coefficient (Wildman–Crippen LogP) is 8.03. The van der Waals surface area contributed by atoms with Gasteiger partial charge in [0.2, 0.25) is 10.0 Å². The highest BCUT2D eigenvalue weighted by molar-refractivity contribution is 7.90. The van der Waals surface area contributed by atoms with E-state index >= 15 is 0 Å². The molecule has 2 saturated carbocycles. The third-order valence-electron chi connectivity index (χ3n) is 13.4. The number of halogens is 1. The van der Waals surface area contributed by atoms with Gasteiger partial charge < -0.3 is 14.4 Å². The summed E-state index contributed by atoms with van der Waals surface area (Å²) >= 11 is 6.41. The van der Waals surface area contributed by atoms with Crippen LogP contribution in [-0.2, 0) is 27.8 Å². The van der Waals surface area contributed by atoms with Gasteiger partial charge in [0.25, 0.3) is 5.91 Å². The quantitative estimate of drug-likeness (QED) is 0.318. The summed E-state index contributed by atoms with van der Waals surface area (Å²) in [6, 6.07) is 11.4. The van der Waals surface area contributed by atoms with Crippen LogP contribution < -0.4 is 14.4 Å². The zero-order valence-electron chi connectivity index (χ0n) is 31.3. The molecule has 0 unspecified atom stereocenters. The van der Waals surface area contributed by atoms with Gasteiger partial charge in [-0.3, -0.25) is 9.69 Å². The molecular weight excluding hydrogens is 694 g/mol. The maximum Gasteiger partial charge on any atom is 0.264 e. The maximum atomic E-state index is 13.6. The molecule has 7 atom stereocenters. The minimum absolute atomic E-state index is 0.201. The molecule has 2 aromatic carbocycles. The minimum Gasteiger partial charge on any atom is -0.487 e. The number of likely N-dealkylation sites (tertiary alicyclic amines) is 1. The van der Waals surface area contributed by atoms with Crippen molar-refractivity contribution in [3.8, 4) is 5.75 Å². The third-order valence-corrected chi connectivity index (χ3v) is 15.5. The number of sulfonamides is 1. The van der Waals surface area contributed by atoms with Gasteiger partial charge in [-0.2, -0.15) is 0 Å². The Morgan fingerprint density at radius 2 is 1.75 bits per heavy atom. The van der Waals surface area contributed by atoms with E-state index in [0.29, 0.717) is 36.2 Å². The summed E-state index contributed by atoms with van der Waals surface area (Å²) in [5.41, 5.74) is 2.97. The number of carbonyl (C=O) groups excluding carboxylic acids is 1. The fraction of sp³-hybridized carbons (Fsp3) is 0.643. The lowest BCUT2D eigenvalue weighted by Crippen LogP contribution is -2.57. The van der Waals surface area contributed by atoms with Gasteiger partial charge in [-0.05, 0) is 136 Å². The summed E-state index contributed by atoms with van der Waals surface area (Å²) in [4.78, 5) is 18.7. The van der Waals surface area contributed by atoms with Crippen molar-refractivity contribution in [1.29, 1.82) is 0 Å². The van der Waals surface area contributed by atoms with Crippen molar-refractivity contribution in [2.24, 2.45) is 29.6 Å². The Kier molecular flexibility index (Phi) is 11.6. The first-order chi connectivity index (χ1) is 25.0. The molecule has 2 aliphatic carbocycles. The lowest BCUT2D eigenvalue weighted by molar-refractivity contribution is -0.0986. The van der Waals surface area contributed by atoms with Gasteiger partial charge >= 0.3 is 0 Å². The molecule has 2 bridgehead atoms. The summed E-state index contributed by atoms with van der Waals surface area (Å²) in [7, 11) is -2.06. The number of carbonyl (C=O) groups is 1. The van der Waals surface area contributed by atoms with Crippen LogP contribution >= 0.6 is 11.6 Å². The van der Waals surface area contributed by atoms with Crippen molar-refractivity contribution in [3.05, 3.63) is 70.3 Å². The Morgan fingerprint density at radius 3 is 2.54 bits per heavy atom. The molecule has 52 heavy (non-hydrogen) atoms. The van der Waals surface area contributed by atoms with Gasteiger partial charge in [-0.15, -0.1) is 0 Å². The van der Waals surface area contributed by atoms with Crippen molar-refractivity contribution in [2.45, 2.75) is 102 Å². The lowest BCUT2D eigenvalue weighted by atomic mass is 9.63. The minimum atomic E-state index is -3.94. The van der Waals surface area contributed by atoms with Crippen LogP contribution in [0.3, 0.4) is 0 Å². The van der Waals surface area contributed by atoms with Crippen LogP contribution in [-0.4, -0.2) is 69.9 Å². The first-order valence-corrected chi connectivity index (χ1v) is 21.8. The number of nitrogens with one attached hydrogen (secondary N) is 1. The number of benzene rings is 2. The van der Waals surface area contributed by atoms with Crippen LogP contribution in [0.2, 0.25) is 5.02 Å². The molecule has 284 valence electrons. The van der Waals surface area contributed by atoms with Crippen LogP contribution in [0.25, 0.3) is 0 Å². The van der Waals surface area contributed by atoms with Crippen molar-refractivity contribution < 1.29 is 22.7 Å². The normalized spacial score (nSPS) is 33.5. The molecule has 5 aliphatic rings. The topological polar surface area (TPSA) is 88.2 Å². The fourth-order valence-corrected chi connectivity index (χ4v) is 11.3. The Morgan fingerprint density at radius 1 is 0.923 bits per heavy atom. The first kappa shape index (κ1) is 37.7. The van der Waals surface area contributed by atoms with Gasteiger partial charge in [0, 0.05) is 43.9 Å². The van der Waals surface area contributed by atoms with Gasteiger partial charge in [0.05, 0.1) is 10.9 Å². The number of aryl methyl sites for hydroxylation is 1. The molecule has 0 spiro atoms. The monoisotopic (exact) mass is 751 g/mol. The molecule has 3 heterocycles. The highest BCUT2D eigenvalue weighted by atomic mass is 35.5. The number of nitrogens with zero attached hydrogens (tertiary/aromatic N) is 2. The van der Waals surface area contributed by atoms with Crippen LogP contribution in [0, 0.1) is 29.6 Å². The second kappa shape index (κ2) is 16.0. The molecule has 1 N–H and O–H groups in total. The van der Waals surface area contributed by atoms with Crippen LogP contribution in [0.4, 0.5) is 5.69 Å². The molecule has 10 heteroatoms. The lowest BCUT2D eigenvalue weighted by Gasteiger charge is -2.52. The van der Waals surface area contributed by atoms with Crippen molar-refractivity contribution >= 4 is 33.2 Å². The van der Waals surface area contributed by atoms with E-state index in [0.717, 1.165) is 92.9 Å². The summed E-state index contributed by atoms with van der Waals surface area (Å²) in [5.74, 6) is 2.20. The second-order valence-corrected chi connectivity index (χ2v) is 19.0. The molecule has 0 aromatic heterocycles. The van der Waals surface area contributed by atoms with Crippen molar-refractivity contribution in [3.63, 3.8) is 0 Å². The summed E-state index contributed by atoms with van der Waals surface area (Å²) in [6.45, 7) is 8.73. The van der Waals surface area contributed by atoms with E-state index in [-0.39, 0.29) is 5.92 Å². The number of amides is 1. The maximum absolute atomic E-state index is 13.6. The predicted molar refractivity (Wildman–Crippen MR) is 209 cm³/mol. The molecule has 1 saturated heterocycles. The van der Waals surface area contributed by atoms with E-state index < -0.39 is 26.8 Å². The summed E-state index contributed by atoms with van der Waals surface area (Å²) in [5, 5.41) is -0.0368. The summed E-state index contributed by atoms with van der Waals surface area (Å²) < 4.78 is 42.9. The van der Waals surface area contributed by atoms with Gasteiger partial charge in [0.1, 0.15) is 18.0 Å². The van der Waals surface area contributed by atoms with E-state index in [4.69, 9.17) is 21.1 Å². The Bertz CT molecular complexity index is 1730. The molecule has 3 fully saturated rings. The molecule has 3 aliphatic heterocycles. The fourth-order valence-electron chi connectivity index (χ4n) is 9.80. The Hall–Kier alpha value is -2.59. The molecule has 7 rings (SSSR count). The van der Waals surface area contributed by atoms with Gasteiger partial charge in [-0.1, -0.05) is 56.0 Å². The molecular formula is C42H58ClN3O5S. The number of hydrogen-bond donors (Lipinski definition) is 1. The first-order valence-electron chi connectivity index (χ1n) is 19.9. The third kappa shape index (κ3) is 8.08. The van der Waals surface area contributed by atoms with Gasteiger partial charge in [-0.25, -0.2) is 13.1 Å². The second-order valence-electron chi connectivity index (χ2n) is 16.5. The standard InChI is InChI=1S/C42H58ClN3O5S/c1-29-9-8-20-42(50-3,28-45-22-19-31-10-4-5-12-34(31)25-45)38-17-14-35(38)26-46-21-7-6-11-32-23-37(43)16-13-36(32)27-51-40-18-15-33(24-39(40)46)41(47)44-52(48,49)30(29)2/h8,13,15-16,18,20,23-24,29-31,34-35,38H,4-7,9-12,14,17,19,21-22,25-28H2,1-3H3,(H,44,47)/b20-8+/t29-,30+,31-,34-,35-,38+,42-/m0/s1. The largest absolute Gasteiger partial charge is 0.487 e. The Balaban J connectivity index is 1.25. The summed E-state index contributed by atoms with van der Waals surface area (Å²) in [6.07, 6.45) is 16.8. The van der Waals surface area contributed by atoms with E-state index in [9.17, 15) is 13.2 Å². The molecule has 2 aromatic rings. The Labute approximate surface area is 316 Å². The van der Waals surface area contributed by atoms with Crippen molar-refractivity contribution in [2.75, 3.05) is 44.7 Å². The van der Waals surface area contributed by atoms with E-state index in [1.165, 1.54) is 37.7 Å². The highest BCUT2D eigenvalue weighted by Gasteiger charge is 2.49. The number of methoxy groups -OCH3 is 1. The molecule has 0 radical (unpaired) electrons. The van der Waals surface area contributed by atoms with Crippen LogP contribution in [0.15, 0.2) is 48.6 Å². The number of hydrogen-bond acceptors (Lipinski definition) is 7. The average molecular weight is 752 g/mol. The number of allylic oxidation sites excluding steroid dienone is 1. The van der Waals surface area contributed by atoms with Crippen molar-refractivity contribution in [1.82, 2.24) is 9.62 Å². The zero-order valence-corrected chi connectivity index (χ0v) is 32.9. The average Bonchev–Trinajstić information content (AvgIpc) is 3.15. The number of anilines is 1. The molecule has 8 nitrogen and oxygen atoms in total. The van der Waals surface area contributed by atoms with Crippen LogP contribution in [0.5, 0.6) is 5.75 Å². The smallest absolute Gasteiger partial charge is 0.264 e. The molecule has 1 amide bonds. The van der Waals surface area contributed by atoms with E-state index in [1.54, 1.807) is 13.0 Å². The SMILES string of the molecule is CO[C@]1(CN2CC[C@@H]3CCCC[C@H]3C2)/C=C/C[C@H](C)[C@@H](C)S(=O)(=O)NC(=O)c2ccc3c(c2)N(CCCCc2cc(Cl)ccc2CO3)C[C@@H]2CC[C@H]21.